The fourth-order valence-electron chi connectivity index (χ4n) is 5.78. The summed E-state index contributed by atoms with van der Waals surface area (Å²) in [5.41, 5.74) is 2.46. The molecule has 3 atom stereocenters. The minimum absolute atomic E-state index is 0.0401. The molecule has 5 rings (SSSR count). The number of rotatable bonds is 2. The van der Waals surface area contributed by atoms with Crippen LogP contribution < -0.4 is 4.90 Å². The topological polar surface area (TPSA) is 73.1 Å². The maximum absolute atomic E-state index is 14.9. The Balaban J connectivity index is 1.74. The highest BCUT2D eigenvalue weighted by Crippen LogP contribution is 2.51. The number of likely N-dealkylation sites (N-methyl/N-ethyl adjacent to an activating group) is 1. The molecular weight excluding hydrogens is 417 g/mol. The van der Waals surface area contributed by atoms with E-state index < -0.39 is 5.41 Å². The molecule has 0 unspecified atom stereocenters. The molecule has 33 heavy (non-hydrogen) atoms. The number of carbonyl (C=O) groups excluding carboxylic acids is 1. The fourth-order valence-corrected chi connectivity index (χ4v) is 5.78. The van der Waals surface area contributed by atoms with Gasteiger partial charge in [0, 0.05) is 48.6 Å². The van der Waals surface area contributed by atoms with Crippen LogP contribution in [0.25, 0.3) is 11.3 Å². The van der Waals surface area contributed by atoms with Gasteiger partial charge < -0.3 is 9.80 Å². The normalized spacial score (nSPS) is 27.4. The Labute approximate surface area is 193 Å². The largest absolute Gasteiger partial charge is 0.338 e. The third kappa shape index (κ3) is 3.44. The van der Waals surface area contributed by atoms with Gasteiger partial charge in [-0.25, -0.2) is 14.4 Å². The predicted octanol–water partition coefficient (Wildman–Crippen LogP) is 3.52. The number of hydrogen-bond acceptors (Lipinski definition) is 6. The molecule has 1 aromatic carbocycles. The van der Waals surface area contributed by atoms with Gasteiger partial charge in [-0.15, -0.1) is 0 Å². The van der Waals surface area contributed by atoms with Gasteiger partial charge in [0.2, 0.25) is 5.95 Å². The lowest BCUT2D eigenvalue weighted by atomic mass is 9.57. The molecule has 0 bridgehead atoms. The number of nitriles is 1. The van der Waals surface area contributed by atoms with Crippen molar-refractivity contribution < 1.29 is 9.18 Å². The lowest BCUT2D eigenvalue weighted by Gasteiger charge is -2.46. The molecule has 0 radical (unpaired) electrons. The first-order valence-corrected chi connectivity index (χ1v) is 11.6. The maximum Gasteiger partial charge on any atom is 0.226 e. The standard InChI is InChI=1S/C26H28FN5O/c1-16-20-9-8-19-22(18-6-4-5-7-21(18)27)29-25(32-12-10-31(3)11-13-32)30-24(19)26(20,2)14-17(15-28)23(16)33/h4-7,14,16,20H,8-13H2,1-3H3/t16-,20-,26-/m1/s1. The van der Waals surface area contributed by atoms with Crippen LogP contribution in [0.2, 0.25) is 0 Å². The quantitative estimate of drug-likeness (QED) is 0.704. The van der Waals surface area contributed by atoms with Gasteiger partial charge in [-0.2, -0.15) is 5.26 Å². The first-order chi connectivity index (χ1) is 15.8. The van der Waals surface area contributed by atoms with Crippen LogP contribution in [-0.2, 0) is 16.6 Å². The van der Waals surface area contributed by atoms with Crippen LogP contribution in [0.4, 0.5) is 10.3 Å². The van der Waals surface area contributed by atoms with E-state index in [0.717, 1.165) is 43.9 Å². The summed E-state index contributed by atoms with van der Waals surface area (Å²) in [5.74, 6) is -0.0277. The van der Waals surface area contributed by atoms with Crippen molar-refractivity contribution in [3.8, 4) is 17.3 Å². The molecule has 2 heterocycles. The molecule has 170 valence electrons. The van der Waals surface area contributed by atoms with Crippen molar-refractivity contribution in [1.82, 2.24) is 14.9 Å². The zero-order valence-corrected chi connectivity index (χ0v) is 19.3. The fraction of sp³-hybridized carbons (Fsp3) is 0.462. The number of Topliss-reactive ketones (excluding diaryl/α,β-unsaturated/α-hetero) is 1. The van der Waals surface area contributed by atoms with E-state index >= 15 is 0 Å². The molecule has 7 heteroatoms. The highest BCUT2D eigenvalue weighted by molar-refractivity contribution is 6.02. The minimum atomic E-state index is -0.587. The Bertz CT molecular complexity index is 1190. The van der Waals surface area contributed by atoms with Crippen molar-refractivity contribution in [3.05, 3.63) is 53.0 Å². The zero-order valence-electron chi connectivity index (χ0n) is 19.3. The van der Waals surface area contributed by atoms with Crippen molar-refractivity contribution in [3.63, 3.8) is 0 Å². The predicted molar refractivity (Wildman–Crippen MR) is 124 cm³/mol. The van der Waals surface area contributed by atoms with Crippen LogP contribution in [-0.4, -0.2) is 53.9 Å². The summed E-state index contributed by atoms with van der Waals surface area (Å²) >= 11 is 0. The lowest BCUT2D eigenvalue weighted by molar-refractivity contribution is -0.121. The summed E-state index contributed by atoms with van der Waals surface area (Å²) < 4.78 is 14.9. The molecule has 1 aliphatic heterocycles. The Morgan fingerprint density at radius 3 is 2.61 bits per heavy atom. The van der Waals surface area contributed by atoms with Crippen molar-refractivity contribution in [1.29, 1.82) is 5.26 Å². The molecule has 0 N–H and O–H groups in total. The van der Waals surface area contributed by atoms with Crippen molar-refractivity contribution in [2.24, 2.45) is 11.8 Å². The summed E-state index contributed by atoms with van der Waals surface area (Å²) in [6.45, 7) is 7.38. The molecular formula is C26H28FN5O. The number of carbonyl (C=O) groups is 1. The summed E-state index contributed by atoms with van der Waals surface area (Å²) in [4.78, 5) is 27.2. The molecule has 6 nitrogen and oxygen atoms in total. The highest BCUT2D eigenvalue weighted by atomic mass is 19.1. The molecule has 3 aliphatic rings. The molecule has 0 amide bonds. The average Bonchev–Trinajstić information content (AvgIpc) is 2.82. The van der Waals surface area contributed by atoms with Gasteiger partial charge in [-0.1, -0.05) is 32.1 Å². The second-order valence-electron chi connectivity index (χ2n) is 9.72. The van der Waals surface area contributed by atoms with Crippen LogP contribution in [0.5, 0.6) is 0 Å². The van der Waals surface area contributed by atoms with E-state index in [4.69, 9.17) is 9.97 Å². The summed E-state index contributed by atoms with van der Waals surface area (Å²) in [7, 11) is 2.09. The average molecular weight is 446 g/mol. The monoisotopic (exact) mass is 445 g/mol. The van der Waals surface area contributed by atoms with Crippen LogP contribution in [0.3, 0.4) is 0 Å². The Morgan fingerprint density at radius 1 is 1.18 bits per heavy atom. The van der Waals surface area contributed by atoms with Crippen molar-refractivity contribution >= 4 is 11.7 Å². The van der Waals surface area contributed by atoms with E-state index in [1.807, 2.05) is 19.1 Å². The van der Waals surface area contributed by atoms with Crippen LogP contribution in [0, 0.1) is 29.0 Å². The zero-order chi connectivity index (χ0) is 23.3. The van der Waals surface area contributed by atoms with Crippen molar-refractivity contribution in [2.45, 2.75) is 32.1 Å². The number of hydrogen-bond donors (Lipinski definition) is 0. The number of halogens is 1. The summed E-state index contributed by atoms with van der Waals surface area (Å²) in [5, 5.41) is 9.65. The van der Waals surface area contributed by atoms with E-state index in [-0.39, 0.29) is 29.0 Å². The van der Waals surface area contributed by atoms with E-state index in [9.17, 15) is 14.4 Å². The van der Waals surface area contributed by atoms with Gasteiger partial charge in [0.1, 0.15) is 11.9 Å². The second-order valence-corrected chi connectivity index (χ2v) is 9.72. The number of benzene rings is 1. The van der Waals surface area contributed by atoms with Gasteiger partial charge in [0.05, 0.1) is 17.0 Å². The third-order valence-corrected chi connectivity index (χ3v) is 7.74. The highest BCUT2D eigenvalue weighted by Gasteiger charge is 2.50. The maximum atomic E-state index is 14.9. The lowest BCUT2D eigenvalue weighted by Crippen LogP contribution is -2.48. The molecule has 1 saturated heterocycles. The van der Waals surface area contributed by atoms with E-state index in [0.29, 0.717) is 23.6 Å². The third-order valence-electron chi connectivity index (χ3n) is 7.74. The Kier molecular flexibility index (Phi) is 5.29. The number of nitrogens with zero attached hydrogens (tertiary/aromatic N) is 5. The summed E-state index contributed by atoms with van der Waals surface area (Å²) in [6.07, 6.45) is 3.25. The summed E-state index contributed by atoms with van der Waals surface area (Å²) in [6, 6.07) is 8.84. The number of piperazine rings is 1. The van der Waals surface area contributed by atoms with Crippen LogP contribution >= 0.6 is 0 Å². The number of anilines is 1. The second kappa shape index (κ2) is 8.03. The van der Waals surface area contributed by atoms with E-state index in [1.54, 1.807) is 12.1 Å². The molecule has 2 aliphatic carbocycles. The van der Waals surface area contributed by atoms with E-state index in [1.165, 1.54) is 6.07 Å². The molecule has 0 spiro atoms. The van der Waals surface area contributed by atoms with Gasteiger partial charge in [-0.3, -0.25) is 4.79 Å². The molecule has 0 saturated carbocycles. The number of fused-ring (bicyclic) bond motifs is 3. The molecule has 2 aromatic rings. The minimum Gasteiger partial charge on any atom is -0.338 e. The Morgan fingerprint density at radius 2 is 1.91 bits per heavy atom. The van der Waals surface area contributed by atoms with Gasteiger partial charge in [0.25, 0.3) is 0 Å². The number of aromatic nitrogens is 2. The molecule has 1 fully saturated rings. The van der Waals surface area contributed by atoms with Crippen molar-refractivity contribution in [2.75, 3.05) is 38.1 Å². The van der Waals surface area contributed by atoms with Gasteiger partial charge in [0.15, 0.2) is 5.78 Å². The Hall–Kier alpha value is -3.11. The van der Waals surface area contributed by atoms with E-state index in [2.05, 4.69) is 29.8 Å². The SMILES string of the molecule is C[C@H]1C(=O)C(C#N)=C[C@@]2(C)c3nc(N4CCN(C)CC4)nc(-c4ccccc4F)c3CC[C@H]12. The first kappa shape index (κ1) is 21.7. The van der Waals surface area contributed by atoms with Gasteiger partial charge >= 0.3 is 0 Å². The smallest absolute Gasteiger partial charge is 0.226 e. The number of allylic oxidation sites excluding steroid dienone is 2. The van der Waals surface area contributed by atoms with Gasteiger partial charge in [-0.05, 0) is 37.9 Å². The van der Waals surface area contributed by atoms with Crippen LogP contribution in [0.15, 0.2) is 35.9 Å². The number of ketones is 1. The molecule has 1 aromatic heterocycles. The van der Waals surface area contributed by atoms with Crippen LogP contribution in [0.1, 0.15) is 31.5 Å². The first-order valence-electron chi connectivity index (χ1n) is 11.6.